The van der Waals surface area contributed by atoms with Gasteiger partial charge in [-0.05, 0) is 29.7 Å². The number of benzene rings is 1. The third-order valence-electron chi connectivity index (χ3n) is 3.22. The molecule has 0 bridgehead atoms. The summed E-state index contributed by atoms with van der Waals surface area (Å²) in [5.74, 6) is -0.0979. The zero-order valence-corrected chi connectivity index (χ0v) is 11.1. The summed E-state index contributed by atoms with van der Waals surface area (Å²) in [6.45, 7) is 2.43. The third-order valence-corrected chi connectivity index (χ3v) is 3.22. The maximum Gasteiger partial charge on any atom is 0.251 e. The van der Waals surface area contributed by atoms with E-state index in [4.69, 9.17) is 4.74 Å². The van der Waals surface area contributed by atoms with E-state index in [1.165, 1.54) is 11.1 Å². The van der Waals surface area contributed by atoms with E-state index in [-0.39, 0.29) is 5.91 Å². The number of carbonyl (C=O) groups excluding carboxylic acids is 1. The van der Waals surface area contributed by atoms with Crippen LogP contribution < -0.4 is 10.6 Å². The molecule has 3 N–H and O–H groups in total. The summed E-state index contributed by atoms with van der Waals surface area (Å²) in [6, 6.07) is 5.76. The van der Waals surface area contributed by atoms with Crippen LogP contribution in [0.1, 0.15) is 27.9 Å². The van der Waals surface area contributed by atoms with Gasteiger partial charge in [0.1, 0.15) is 0 Å². The quantitative estimate of drug-likeness (QED) is 0.696. The fourth-order valence-electron chi connectivity index (χ4n) is 2.17. The second kappa shape index (κ2) is 6.65. The second-order valence-corrected chi connectivity index (χ2v) is 4.74. The number of aliphatic hydroxyl groups excluding tert-OH is 1. The monoisotopic (exact) mass is 264 g/mol. The van der Waals surface area contributed by atoms with Crippen LogP contribution in [0.15, 0.2) is 18.2 Å². The Labute approximate surface area is 113 Å². The third kappa shape index (κ3) is 3.76. The molecule has 5 nitrogen and oxygen atoms in total. The standard InChI is InChI=1S/C14H20N2O3/c1-19-9-13(17)4-5-16-14(18)10-2-3-11-7-15-8-12(11)6-10/h2-3,6,13,15,17H,4-5,7-9H2,1H3,(H,16,18). The van der Waals surface area contributed by atoms with E-state index >= 15 is 0 Å². The van der Waals surface area contributed by atoms with E-state index in [0.29, 0.717) is 25.1 Å². The van der Waals surface area contributed by atoms with Crippen molar-refractivity contribution < 1.29 is 14.6 Å². The molecular weight excluding hydrogens is 244 g/mol. The van der Waals surface area contributed by atoms with Gasteiger partial charge in [-0.2, -0.15) is 0 Å². The second-order valence-electron chi connectivity index (χ2n) is 4.74. The number of methoxy groups -OCH3 is 1. The minimum atomic E-state index is -0.533. The summed E-state index contributed by atoms with van der Waals surface area (Å²) in [6.07, 6.45) is -0.0407. The van der Waals surface area contributed by atoms with Gasteiger partial charge in [0.25, 0.3) is 5.91 Å². The van der Waals surface area contributed by atoms with Crippen molar-refractivity contribution in [1.82, 2.24) is 10.6 Å². The van der Waals surface area contributed by atoms with Crippen molar-refractivity contribution in [1.29, 1.82) is 0 Å². The van der Waals surface area contributed by atoms with Crippen LogP contribution in [0.3, 0.4) is 0 Å². The number of amides is 1. The lowest BCUT2D eigenvalue weighted by Crippen LogP contribution is -2.28. The highest BCUT2D eigenvalue weighted by Crippen LogP contribution is 2.16. The first kappa shape index (κ1) is 14.0. The molecule has 0 aromatic heterocycles. The largest absolute Gasteiger partial charge is 0.391 e. The maximum absolute atomic E-state index is 11.9. The molecule has 1 aliphatic rings. The van der Waals surface area contributed by atoms with Crippen LogP contribution in [0.4, 0.5) is 0 Å². The predicted octanol–water partition coefficient (Wildman–Crippen LogP) is 0.417. The number of aliphatic hydroxyl groups is 1. The number of hydrogen-bond acceptors (Lipinski definition) is 4. The maximum atomic E-state index is 11.9. The topological polar surface area (TPSA) is 70.6 Å². The first-order chi connectivity index (χ1) is 9.20. The van der Waals surface area contributed by atoms with Crippen molar-refractivity contribution in [2.75, 3.05) is 20.3 Å². The minimum Gasteiger partial charge on any atom is -0.391 e. The van der Waals surface area contributed by atoms with Crippen LogP contribution in [0.2, 0.25) is 0 Å². The highest BCUT2D eigenvalue weighted by atomic mass is 16.5. The van der Waals surface area contributed by atoms with Crippen LogP contribution >= 0.6 is 0 Å². The molecule has 0 saturated carbocycles. The number of ether oxygens (including phenoxy) is 1. The Morgan fingerprint density at radius 2 is 2.26 bits per heavy atom. The molecular formula is C14H20N2O3. The van der Waals surface area contributed by atoms with E-state index < -0.39 is 6.10 Å². The fourth-order valence-corrected chi connectivity index (χ4v) is 2.17. The lowest BCUT2D eigenvalue weighted by atomic mass is 10.1. The van der Waals surface area contributed by atoms with Crippen LogP contribution in [0.25, 0.3) is 0 Å². The highest BCUT2D eigenvalue weighted by molar-refractivity contribution is 5.94. The number of fused-ring (bicyclic) bond motifs is 1. The molecule has 5 heteroatoms. The van der Waals surface area contributed by atoms with Crippen LogP contribution in [-0.4, -0.2) is 37.4 Å². The number of hydrogen-bond donors (Lipinski definition) is 3. The SMILES string of the molecule is COCC(O)CCNC(=O)c1ccc2c(c1)CNC2. The molecule has 0 aliphatic carbocycles. The van der Waals surface area contributed by atoms with Crippen molar-refractivity contribution in [3.05, 3.63) is 34.9 Å². The Morgan fingerprint density at radius 1 is 1.47 bits per heavy atom. The molecule has 0 radical (unpaired) electrons. The summed E-state index contributed by atoms with van der Waals surface area (Å²) < 4.78 is 4.83. The Bertz CT molecular complexity index is 448. The van der Waals surface area contributed by atoms with Crippen molar-refractivity contribution in [2.24, 2.45) is 0 Å². The van der Waals surface area contributed by atoms with Gasteiger partial charge in [-0.25, -0.2) is 0 Å². The number of nitrogens with one attached hydrogen (secondary N) is 2. The normalized spacial score (nSPS) is 15.1. The Hall–Kier alpha value is -1.43. The molecule has 1 unspecified atom stereocenters. The molecule has 0 fully saturated rings. The average molecular weight is 264 g/mol. The number of rotatable bonds is 6. The smallest absolute Gasteiger partial charge is 0.251 e. The minimum absolute atomic E-state index is 0.0979. The molecule has 1 amide bonds. The van der Waals surface area contributed by atoms with Gasteiger partial charge >= 0.3 is 0 Å². The van der Waals surface area contributed by atoms with E-state index in [1.807, 2.05) is 18.2 Å². The lowest BCUT2D eigenvalue weighted by Gasteiger charge is -2.10. The Morgan fingerprint density at radius 3 is 3.05 bits per heavy atom. The summed E-state index contributed by atoms with van der Waals surface area (Å²) in [4.78, 5) is 11.9. The Balaban J connectivity index is 1.83. The summed E-state index contributed by atoms with van der Waals surface area (Å²) in [5, 5.41) is 15.5. The van der Waals surface area contributed by atoms with Gasteiger partial charge in [0.15, 0.2) is 0 Å². The zero-order valence-electron chi connectivity index (χ0n) is 11.1. The summed E-state index contributed by atoms with van der Waals surface area (Å²) in [5.41, 5.74) is 3.11. The highest BCUT2D eigenvalue weighted by Gasteiger charge is 2.13. The van der Waals surface area contributed by atoms with Crippen LogP contribution in [-0.2, 0) is 17.8 Å². The molecule has 2 rings (SSSR count). The first-order valence-corrected chi connectivity index (χ1v) is 6.48. The molecule has 0 saturated heterocycles. The van der Waals surface area contributed by atoms with E-state index in [1.54, 1.807) is 7.11 Å². The molecule has 1 heterocycles. The van der Waals surface area contributed by atoms with E-state index in [2.05, 4.69) is 10.6 Å². The van der Waals surface area contributed by atoms with Gasteiger partial charge in [0, 0.05) is 32.3 Å². The molecule has 19 heavy (non-hydrogen) atoms. The van der Waals surface area contributed by atoms with E-state index in [9.17, 15) is 9.90 Å². The Kier molecular flexibility index (Phi) is 4.90. The van der Waals surface area contributed by atoms with Crippen LogP contribution in [0.5, 0.6) is 0 Å². The van der Waals surface area contributed by atoms with Gasteiger partial charge in [-0.1, -0.05) is 6.07 Å². The van der Waals surface area contributed by atoms with Crippen LogP contribution in [0, 0.1) is 0 Å². The molecule has 0 spiro atoms. The van der Waals surface area contributed by atoms with Crippen molar-refractivity contribution in [3.8, 4) is 0 Å². The van der Waals surface area contributed by atoms with Gasteiger partial charge in [-0.15, -0.1) is 0 Å². The van der Waals surface area contributed by atoms with Crippen molar-refractivity contribution in [2.45, 2.75) is 25.6 Å². The van der Waals surface area contributed by atoms with E-state index in [0.717, 1.165) is 13.1 Å². The van der Waals surface area contributed by atoms with Crippen molar-refractivity contribution in [3.63, 3.8) is 0 Å². The van der Waals surface area contributed by atoms with Gasteiger partial charge < -0.3 is 20.5 Å². The molecule has 1 aromatic rings. The molecule has 104 valence electrons. The van der Waals surface area contributed by atoms with Gasteiger partial charge in [0.2, 0.25) is 0 Å². The fraction of sp³-hybridized carbons (Fsp3) is 0.500. The molecule has 1 aliphatic heterocycles. The lowest BCUT2D eigenvalue weighted by molar-refractivity contribution is 0.0587. The van der Waals surface area contributed by atoms with Gasteiger partial charge in [-0.3, -0.25) is 4.79 Å². The van der Waals surface area contributed by atoms with Gasteiger partial charge in [0.05, 0.1) is 12.7 Å². The summed E-state index contributed by atoms with van der Waals surface area (Å²) in [7, 11) is 1.54. The summed E-state index contributed by atoms with van der Waals surface area (Å²) >= 11 is 0. The first-order valence-electron chi connectivity index (χ1n) is 6.48. The molecule has 1 atom stereocenters. The predicted molar refractivity (Wildman–Crippen MR) is 71.8 cm³/mol. The molecule has 1 aromatic carbocycles. The van der Waals surface area contributed by atoms with Crippen molar-refractivity contribution >= 4 is 5.91 Å². The average Bonchev–Trinajstić information content (AvgIpc) is 2.86. The zero-order chi connectivity index (χ0) is 13.7. The number of carbonyl (C=O) groups is 1.